The molecular weight excluding hydrogens is 449 g/mol. The second-order valence-electron chi connectivity index (χ2n) is 7.06. The first-order valence-corrected chi connectivity index (χ1v) is 10.9. The lowest BCUT2D eigenvalue weighted by molar-refractivity contribution is -0.137. The normalized spacial score (nSPS) is 15.1. The van der Waals surface area contributed by atoms with Gasteiger partial charge in [-0.15, -0.1) is 0 Å². The maximum atomic E-state index is 13.4. The molecule has 0 aromatic heterocycles. The van der Waals surface area contributed by atoms with Gasteiger partial charge in [0.25, 0.3) is 5.91 Å². The van der Waals surface area contributed by atoms with Crippen molar-refractivity contribution in [2.75, 3.05) is 10.7 Å². The van der Waals surface area contributed by atoms with Crippen molar-refractivity contribution in [1.82, 2.24) is 0 Å². The number of aliphatic imine (C=N–C) groups is 1. The number of hydrogen-bond acceptors (Lipinski definition) is 4. The molecule has 0 atom stereocenters. The van der Waals surface area contributed by atoms with Crippen molar-refractivity contribution in [3.05, 3.63) is 107 Å². The zero-order valence-corrected chi connectivity index (χ0v) is 17.9. The average molecular weight is 466 g/mol. The smallest absolute Gasteiger partial charge is 0.293 e. The van der Waals surface area contributed by atoms with Crippen molar-refractivity contribution in [3.8, 4) is 0 Å². The molecule has 0 saturated carbocycles. The Kier molecular flexibility index (Phi) is 6.46. The average Bonchev–Trinajstić information content (AvgIpc) is 3.13. The Morgan fingerprint density at radius 3 is 2.18 bits per heavy atom. The molecule has 166 valence electrons. The van der Waals surface area contributed by atoms with Gasteiger partial charge in [0.15, 0.2) is 11.0 Å². The summed E-state index contributed by atoms with van der Waals surface area (Å²) in [5, 5.41) is 0.228. The van der Waals surface area contributed by atoms with Gasteiger partial charge in [-0.2, -0.15) is 13.2 Å². The van der Waals surface area contributed by atoms with Gasteiger partial charge in [-0.3, -0.25) is 14.5 Å². The zero-order valence-electron chi connectivity index (χ0n) is 17.1. The number of thioether (sulfide) groups is 1. The number of ketones is 1. The first-order valence-electron chi connectivity index (χ1n) is 9.92. The van der Waals surface area contributed by atoms with Gasteiger partial charge in [-0.05, 0) is 29.8 Å². The molecule has 1 aliphatic rings. The van der Waals surface area contributed by atoms with Crippen molar-refractivity contribution >= 4 is 40.4 Å². The number of para-hydroxylation sites is 1. The van der Waals surface area contributed by atoms with Gasteiger partial charge < -0.3 is 0 Å². The third-order valence-electron chi connectivity index (χ3n) is 4.83. The number of hydrogen-bond donors (Lipinski definition) is 0. The number of benzene rings is 3. The number of nitrogens with zero attached hydrogens (tertiary/aromatic N) is 2. The molecule has 0 aliphatic carbocycles. The molecule has 4 rings (SSSR count). The van der Waals surface area contributed by atoms with Crippen molar-refractivity contribution < 1.29 is 22.8 Å². The number of halogens is 3. The van der Waals surface area contributed by atoms with E-state index in [2.05, 4.69) is 4.99 Å². The molecule has 1 heterocycles. The minimum atomic E-state index is -4.57. The van der Waals surface area contributed by atoms with Gasteiger partial charge in [0, 0.05) is 5.56 Å². The van der Waals surface area contributed by atoms with E-state index < -0.39 is 17.6 Å². The van der Waals surface area contributed by atoms with Crippen LogP contribution >= 0.6 is 11.8 Å². The summed E-state index contributed by atoms with van der Waals surface area (Å²) < 4.78 is 40.2. The molecule has 0 bridgehead atoms. The van der Waals surface area contributed by atoms with Crippen molar-refractivity contribution in [3.63, 3.8) is 0 Å². The fourth-order valence-electron chi connectivity index (χ4n) is 3.26. The van der Waals surface area contributed by atoms with Crippen molar-refractivity contribution in [1.29, 1.82) is 0 Å². The Labute approximate surface area is 192 Å². The van der Waals surface area contributed by atoms with E-state index in [1.165, 1.54) is 23.1 Å². The molecule has 0 N–H and O–H groups in total. The lowest BCUT2D eigenvalue weighted by Gasteiger charge is -2.17. The lowest BCUT2D eigenvalue weighted by Crippen LogP contribution is -2.30. The first-order chi connectivity index (χ1) is 15.8. The Morgan fingerprint density at radius 2 is 1.52 bits per heavy atom. The van der Waals surface area contributed by atoms with Crippen LogP contribution in [0.25, 0.3) is 6.08 Å². The fourth-order valence-corrected chi connectivity index (χ4v) is 4.17. The number of carbonyl (C=O) groups excluding carboxylic acids is 2. The van der Waals surface area contributed by atoms with E-state index in [0.29, 0.717) is 11.3 Å². The van der Waals surface area contributed by atoms with Crippen LogP contribution in [-0.2, 0) is 11.0 Å². The molecule has 1 amide bonds. The van der Waals surface area contributed by atoms with Crippen LogP contribution in [0.1, 0.15) is 21.5 Å². The van der Waals surface area contributed by atoms with Gasteiger partial charge in [-0.25, -0.2) is 4.99 Å². The van der Waals surface area contributed by atoms with E-state index in [4.69, 9.17) is 0 Å². The van der Waals surface area contributed by atoms with Crippen LogP contribution in [0.15, 0.2) is 95.6 Å². The SMILES string of the molecule is O=C(CSC1=NC(=Cc2ccccc2C(F)(F)F)C(=O)N1c1ccccc1)c1ccccc1. The predicted octanol–water partition coefficient (Wildman–Crippen LogP) is 6.07. The van der Waals surface area contributed by atoms with Crippen LogP contribution in [0.5, 0.6) is 0 Å². The second-order valence-corrected chi connectivity index (χ2v) is 8.01. The van der Waals surface area contributed by atoms with Gasteiger partial charge in [0.2, 0.25) is 0 Å². The van der Waals surface area contributed by atoms with Gasteiger partial charge in [-0.1, -0.05) is 78.5 Å². The van der Waals surface area contributed by atoms with E-state index in [9.17, 15) is 22.8 Å². The number of amides is 1. The summed E-state index contributed by atoms with van der Waals surface area (Å²) in [6.07, 6.45) is -3.44. The molecule has 1 aliphatic heterocycles. The Balaban J connectivity index is 1.68. The summed E-state index contributed by atoms with van der Waals surface area (Å²) in [5.41, 5.74) is -0.112. The maximum Gasteiger partial charge on any atom is 0.416 e. The molecule has 0 unspecified atom stereocenters. The topological polar surface area (TPSA) is 49.7 Å². The summed E-state index contributed by atoms with van der Waals surface area (Å²) in [4.78, 5) is 31.3. The molecular formula is C25H17F3N2O2S. The van der Waals surface area contributed by atoms with E-state index in [1.807, 2.05) is 0 Å². The highest BCUT2D eigenvalue weighted by Gasteiger charge is 2.35. The fraction of sp³-hybridized carbons (Fsp3) is 0.0800. The summed E-state index contributed by atoms with van der Waals surface area (Å²) in [7, 11) is 0. The Bertz CT molecular complexity index is 1240. The minimum absolute atomic E-state index is 0.0197. The highest BCUT2D eigenvalue weighted by atomic mass is 32.2. The van der Waals surface area contributed by atoms with E-state index in [-0.39, 0.29) is 28.0 Å². The molecule has 4 nitrogen and oxygen atoms in total. The Hall–Kier alpha value is -3.65. The van der Waals surface area contributed by atoms with Crippen LogP contribution < -0.4 is 4.90 Å². The van der Waals surface area contributed by atoms with Gasteiger partial charge >= 0.3 is 6.18 Å². The van der Waals surface area contributed by atoms with Gasteiger partial charge in [0.05, 0.1) is 17.0 Å². The number of alkyl halides is 3. The highest BCUT2D eigenvalue weighted by molar-refractivity contribution is 8.14. The van der Waals surface area contributed by atoms with Crippen molar-refractivity contribution in [2.45, 2.75) is 6.18 Å². The lowest BCUT2D eigenvalue weighted by atomic mass is 10.1. The minimum Gasteiger partial charge on any atom is -0.293 e. The molecule has 8 heteroatoms. The quantitative estimate of drug-likeness (QED) is 0.339. The third kappa shape index (κ3) is 5.06. The largest absolute Gasteiger partial charge is 0.416 e. The molecule has 3 aromatic carbocycles. The van der Waals surface area contributed by atoms with E-state index in [1.54, 1.807) is 60.7 Å². The highest BCUT2D eigenvalue weighted by Crippen LogP contribution is 2.35. The summed E-state index contributed by atoms with van der Waals surface area (Å²) in [5.74, 6) is -0.692. The van der Waals surface area contributed by atoms with Crippen LogP contribution in [-0.4, -0.2) is 22.6 Å². The summed E-state index contributed by atoms with van der Waals surface area (Å²) >= 11 is 1.06. The summed E-state index contributed by atoms with van der Waals surface area (Å²) in [6.45, 7) is 0. The second kappa shape index (κ2) is 9.46. The van der Waals surface area contributed by atoms with Crippen molar-refractivity contribution in [2.24, 2.45) is 4.99 Å². The number of anilines is 1. The van der Waals surface area contributed by atoms with Crippen LogP contribution in [0.2, 0.25) is 0 Å². The number of rotatable bonds is 5. The van der Waals surface area contributed by atoms with E-state index >= 15 is 0 Å². The molecule has 3 aromatic rings. The molecule has 0 saturated heterocycles. The number of Topliss-reactive ketones (excluding diaryl/α,β-unsaturated/α-hetero) is 1. The number of carbonyl (C=O) groups is 2. The third-order valence-corrected chi connectivity index (χ3v) is 5.77. The van der Waals surface area contributed by atoms with Crippen LogP contribution in [0.3, 0.4) is 0 Å². The predicted molar refractivity (Wildman–Crippen MR) is 124 cm³/mol. The maximum absolute atomic E-state index is 13.4. The zero-order chi connectivity index (χ0) is 23.4. The Morgan fingerprint density at radius 1 is 0.909 bits per heavy atom. The standard InChI is InChI=1S/C25H17F3N2O2S/c26-25(27,28)20-14-8-7-11-18(20)15-21-23(32)30(19-12-5-2-6-13-19)24(29-21)33-16-22(31)17-9-3-1-4-10-17/h1-15H,16H2. The molecule has 0 fully saturated rings. The molecule has 33 heavy (non-hydrogen) atoms. The number of amidine groups is 1. The monoisotopic (exact) mass is 466 g/mol. The first kappa shape index (κ1) is 22.5. The van der Waals surface area contributed by atoms with Crippen LogP contribution in [0, 0.1) is 0 Å². The van der Waals surface area contributed by atoms with Gasteiger partial charge in [0.1, 0.15) is 5.70 Å². The van der Waals surface area contributed by atoms with E-state index in [0.717, 1.165) is 23.9 Å². The molecule has 0 spiro atoms. The molecule has 0 radical (unpaired) electrons. The van der Waals surface area contributed by atoms with Crippen LogP contribution in [0.4, 0.5) is 18.9 Å². The summed E-state index contributed by atoms with van der Waals surface area (Å²) in [6, 6.07) is 22.3.